The van der Waals surface area contributed by atoms with E-state index in [1.165, 1.54) is 31.3 Å². The summed E-state index contributed by atoms with van der Waals surface area (Å²) in [6.45, 7) is 3.22. The van der Waals surface area contributed by atoms with E-state index in [9.17, 15) is 22.4 Å². The van der Waals surface area contributed by atoms with E-state index in [-0.39, 0.29) is 30.1 Å². The zero-order valence-corrected chi connectivity index (χ0v) is 17.9. The van der Waals surface area contributed by atoms with Crippen molar-refractivity contribution in [2.45, 2.75) is 44.5 Å². The second-order valence-electron chi connectivity index (χ2n) is 7.58. The summed E-state index contributed by atoms with van der Waals surface area (Å²) in [7, 11) is 0. The van der Waals surface area contributed by atoms with Gasteiger partial charge in [-0.3, -0.25) is 4.79 Å². The number of rotatable bonds is 6. The summed E-state index contributed by atoms with van der Waals surface area (Å²) in [6, 6.07) is 6.18. The first kappa shape index (κ1) is 24.0. The van der Waals surface area contributed by atoms with E-state index in [2.05, 4.69) is 26.6 Å². The summed E-state index contributed by atoms with van der Waals surface area (Å²) in [5.41, 5.74) is 4.27. The molecule has 0 fully saturated rings. The van der Waals surface area contributed by atoms with Crippen LogP contribution in [0.25, 0.3) is 0 Å². The zero-order valence-electron chi connectivity index (χ0n) is 17.9. The molecule has 2 heterocycles. The topological polar surface area (TPSA) is 86.8 Å². The molecule has 1 aromatic heterocycles. The Morgan fingerprint density at radius 1 is 1.33 bits per heavy atom. The van der Waals surface area contributed by atoms with Crippen molar-refractivity contribution >= 4 is 11.8 Å². The van der Waals surface area contributed by atoms with Gasteiger partial charge in [-0.2, -0.15) is 13.2 Å². The van der Waals surface area contributed by atoms with Gasteiger partial charge in [0.05, 0.1) is 11.7 Å². The van der Waals surface area contributed by atoms with Crippen molar-refractivity contribution in [3.05, 3.63) is 59.2 Å². The van der Waals surface area contributed by atoms with Crippen LogP contribution in [0.3, 0.4) is 0 Å². The van der Waals surface area contributed by atoms with Crippen LogP contribution in [0.4, 0.5) is 17.6 Å². The van der Waals surface area contributed by atoms with Crippen LogP contribution in [0.2, 0.25) is 0 Å². The van der Waals surface area contributed by atoms with E-state index in [0.717, 1.165) is 6.07 Å². The van der Waals surface area contributed by atoms with Crippen molar-refractivity contribution in [2.24, 2.45) is 10.7 Å². The lowest BCUT2D eigenvalue weighted by Gasteiger charge is -2.36. The summed E-state index contributed by atoms with van der Waals surface area (Å²) in [6.07, 6.45) is -6.33. The number of ether oxygens (including phenoxy) is 2. The number of nitrogens with zero attached hydrogens (tertiary/aromatic N) is 2. The lowest BCUT2D eigenvalue weighted by molar-refractivity contribution is -0.208. The van der Waals surface area contributed by atoms with E-state index in [1.807, 2.05) is 0 Å². The third-order valence-corrected chi connectivity index (χ3v) is 5.05. The average Bonchev–Trinajstić information content (AvgIpc) is 2.74. The Labute approximate surface area is 187 Å². The highest BCUT2D eigenvalue weighted by atomic mass is 19.4. The number of Topliss-reactive ketones (excluding diaryl/α,β-unsaturated/α-hetero) is 1. The third-order valence-electron chi connectivity index (χ3n) is 5.05. The molecule has 2 atom stereocenters. The van der Waals surface area contributed by atoms with Gasteiger partial charge in [0.2, 0.25) is 0 Å². The van der Waals surface area contributed by atoms with Gasteiger partial charge in [-0.25, -0.2) is 14.4 Å². The number of alkyl halides is 3. The lowest BCUT2D eigenvalue weighted by atomic mass is 9.84. The molecule has 0 aliphatic carbocycles. The summed E-state index contributed by atoms with van der Waals surface area (Å²) >= 11 is 0. The molecule has 0 saturated carbocycles. The fourth-order valence-electron chi connectivity index (χ4n) is 3.41. The standard InChI is InChI=1S/C23H21F4N3O3/c1-3-4-9-32-15-6-8-18(29-13-15)19(31)11-14-5-7-17(24)16(10-14)22(2)12-20(23(25,26)27)33-21(28)30-22/h5-8,10,13,20H,9,11-12H2,1-2H3,(H2,28,30)/t20-,22-/m0/s1. The molecule has 0 saturated heterocycles. The van der Waals surface area contributed by atoms with Gasteiger partial charge in [-0.05, 0) is 43.7 Å². The first-order valence-electron chi connectivity index (χ1n) is 9.91. The molecule has 10 heteroatoms. The van der Waals surface area contributed by atoms with E-state index in [0.29, 0.717) is 11.3 Å². The van der Waals surface area contributed by atoms with Gasteiger partial charge in [0, 0.05) is 18.4 Å². The number of benzene rings is 1. The van der Waals surface area contributed by atoms with Crippen molar-refractivity contribution in [1.82, 2.24) is 4.98 Å². The number of hydrogen-bond donors (Lipinski definition) is 1. The van der Waals surface area contributed by atoms with Gasteiger partial charge in [-0.15, -0.1) is 5.92 Å². The van der Waals surface area contributed by atoms with Crippen LogP contribution < -0.4 is 10.5 Å². The number of amidine groups is 1. The molecule has 0 bridgehead atoms. The molecule has 174 valence electrons. The number of ketones is 1. The molecule has 1 aromatic carbocycles. The highest BCUT2D eigenvalue weighted by molar-refractivity contribution is 5.95. The third kappa shape index (κ3) is 5.80. The molecule has 0 unspecified atom stereocenters. The number of halogens is 4. The minimum absolute atomic E-state index is 0.109. The molecule has 33 heavy (non-hydrogen) atoms. The minimum atomic E-state index is -4.70. The number of carbonyl (C=O) groups is 1. The van der Waals surface area contributed by atoms with Crippen LogP contribution >= 0.6 is 0 Å². The summed E-state index contributed by atoms with van der Waals surface area (Å²) in [4.78, 5) is 20.6. The monoisotopic (exact) mass is 463 g/mol. The van der Waals surface area contributed by atoms with E-state index in [1.54, 1.807) is 13.0 Å². The number of hydrogen-bond acceptors (Lipinski definition) is 6. The maximum absolute atomic E-state index is 14.6. The Bertz CT molecular complexity index is 1120. The first-order chi connectivity index (χ1) is 15.5. The SMILES string of the molecule is CC#CCOc1ccc(C(=O)Cc2ccc(F)c([C@]3(C)C[C@@H](C(F)(F)F)OC(N)=N3)c2)nc1. The smallest absolute Gasteiger partial charge is 0.425 e. The molecule has 3 rings (SSSR count). The fraction of sp³-hybridized carbons (Fsp3) is 0.348. The van der Waals surface area contributed by atoms with Crippen LogP contribution in [0.1, 0.15) is 41.9 Å². The van der Waals surface area contributed by atoms with Crippen molar-refractivity contribution in [1.29, 1.82) is 0 Å². The number of nitrogens with two attached hydrogens (primary N) is 1. The largest absolute Gasteiger partial charge is 0.479 e. The second kappa shape index (κ2) is 9.48. The Balaban J connectivity index is 1.80. The van der Waals surface area contributed by atoms with Gasteiger partial charge >= 0.3 is 6.18 Å². The van der Waals surface area contributed by atoms with Gasteiger partial charge in [0.25, 0.3) is 6.02 Å². The van der Waals surface area contributed by atoms with Gasteiger partial charge in [0.15, 0.2) is 11.9 Å². The molecule has 6 nitrogen and oxygen atoms in total. The maximum atomic E-state index is 14.6. The van der Waals surface area contributed by atoms with Crippen LogP contribution in [0, 0.1) is 17.7 Å². The highest BCUT2D eigenvalue weighted by Gasteiger charge is 2.50. The Hall–Kier alpha value is -3.61. The van der Waals surface area contributed by atoms with Crippen LogP contribution in [-0.2, 0) is 16.7 Å². The molecule has 0 spiro atoms. The Morgan fingerprint density at radius 3 is 2.73 bits per heavy atom. The second-order valence-corrected chi connectivity index (χ2v) is 7.58. The number of aliphatic imine (C=N–C) groups is 1. The molecule has 2 aromatic rings. The average molecular weight is 463 g/mol. The van der Waals surface area contributed by atoms with Crippen LogP contribution in [0.15, 0.2) is 41.5 Å². The lowest BCUT2D eigenvalue weighted by Crippen LogP contribution is -2.46. The normalized spacial score (nSPS) is 20.2. The Morgan fingerprint density at radius 2 is 2.09 bits per heavy atom. The molecule has 1 aliphatic heterocycles. The van der Waals surface area contributed by atoms with Gasteiger partial charge < -0.3 is 15.2 Å². The first-order valence-corrected chi connectivity index (χ1v) is 9.91. The summed E-state index contributed by atoms with van der Waals surface area (Å²) in [5.74, 6) is 4.75. The van der Waals surface area contributed by atoms with Crippen molar-refractivity contribution in [2.75, 3.05) is 6.61 Å². The van der Waals surface area contributed by atoms with Crippen LogP contribution in [0.5, 0.6) is 5.75 Å². The van der Waals surface area contributed by atoms with E-state index >= 15 is 0 Å². The zero-order chi connectivity index (χ0) is 24.2. The van der Waals surface area contributed by atoms with E-state index < -0.39 is 36.1 Å². The predicted octanol–water partition coefficient (Wildman–Crippen LogP) is 3.93. The number of pyridine rings is 1. The molecule has 0 radical (unpaired) electrons. The van der Waals surface area contributed by atoms with Crippen molar-refractivity contribution in [3.63, 3.8) is 0 Å². The molecule has 1 aliphatic rings. The molecule has 0 amide bonds. The maximum Gasteiger partial charge on any atom is 0.425 e. The predicted molar refractivity (Wildman–Crippen MR) is 112 cm³/mol. The van der Waals surface area contributed by atoms with Crippen molar-refractivity contribution < 1.29 is 31.8 Å². The van der Waals surface area contributed by atoms with Gasteiger partial charge in [-0.1, -0.05) is 12.0 Å². The quantitative estimate of drug-likeness (QED) is 0.399. The van der Waals surface area contributed by atoms with Crippen molar-refractivity contribution in [3.8, 4) is 17.6 Å². The minimum Gasteiger partial charge on any atom is -0.479 e. The fourth-order valence-corrected chi connectivity index (χ4v) is 3.41. The molecular weight excluding hydrogens is 442 g/mol. The number of aromatic nitrogens is 1. The Kier molecular flexibility index (Phi) is 6.91. The number of carbonyl (C=O) groups excluding carboxylic acids is 1. The molecular formula is C23H21F4N3O3. The summed E-state index contributed by atoms with van der Waals surface area (Å²) in [5, 5.41) is 0. The summed E-state index contributed by atoms with van der Waals surface area (Å²) < 4.78 is 64.3. The van der Waals surface area contributed by atoms with Gasteiger partial charge in [0.1, 0.15) is 23.9 Å². The highest BCUT2D eigenvalue weighted by Crippen LogP contribution is 2.41. The van der Waals surface area contributed by atoms with E-state index in [4.69, 9.17) is 10.5 Å². The van der Waals surface area contributed by atoms with Crippen LogP contribution in [-0.4, -0.2) is 35.7 Å². The molecule has 2 N–H and O–H groups in total.